The van der Waals surface area contributed by atoms with Crippen molar-refractivity contribution in [3.05, 3.63) is 0 Å². The van der Waals surface area contributed by atoms with Crippen LogP contribution in [-0.2, 0) is 38.0 Å². The number of amides is 1. The number of ether oxygens (including phenoxy) is 6. The van der Waals surface area contributed by atoms with E-state index in [1.807, 2.05) is 13.8 Å². The summed E-state index contributed by atoms with van der Waals surface area (Å²) in [6, 6.07) is 0. The number of hydrogen-bond donors (Lipinski definition) is 1. The number of carbonyl (C=O) groups excluding carboxylic acids is 2. The molecule has 9 nitrogen and oxygen atoms in total. The fourth-order valence-corrected chi connectivity index (χ4v) is 8.23. The molecule has 0 spiro atoms. The zero-order chi connectivity index (χ0) is 71.1. The first kappa shape index (κ1) is 103. The molecule has 0 aliphatic rings. The monoisotopic (exact) mass is 1300 g/mol. The van der Waals surface area contributed by atoms with Crippen molar-refractivity contribution in [3.63, 3.8) is 0 Å². The molecule has 91 heavy (non-hydrogen) atoms. The summed E-state index contributed by atoms with van der Waals surface area (Å²) in [5.41, 5.74) is 0. The molecule has 1 amide bonds. The van der Waals surface area contributed by atoms with Gasteiger partial charge in [-0.1, -0.05) is 297 Å². The molecule has 0 rings (SSSR count). The van der Waals surface area contributed by atoms with Crippen molar-refractivity contribution < 1.29 is 38.0 Å². The largest absolute Gasteiger partial charge is 0.381 e. The maximum Gasteiger partial charge on any atom is 0.220 e. The second kappa shape index (κ2) is 81.3. The van der Waals surface area contributed by atoms with Crippen LogP contribution in [0.15, 0.2) is 0 Å². The predicted molar refractivity (Wildman–Crippen MR) is 406 cm³/mol. The minimum absolute atomic E-state index is 0.116. The van der Waals surface area contributed by atoms with E-state index in [-0.39, 0.29) is 11.8 Å². The Labute approximate surface area is 575 Å². The Hall–Kier alpha value is -1.10. The van der Waals surface area contributed by atoms with Gasteiger partial charge < -0.3 is 33.7 Å². The molecule has 0 aliphatic carbocycles. The van der Waals surface area contributed by atoms with Gasteiger partial charge in [-0.05, 0) is 122 Å². The average molecular weight is 1300 g/mol. The van der Waals surface area contributed by atoms with Gasteiger partial charge in [0.05, 0.1) is 33.0 Å². The van der Waals surface area contributed by atoms with Crippen LogP contribution in [0.1, 0.15) is 354 Å². The highest BCUT2D eigenvalue weighted by atomic mass is 16.5. The number of ketones is 1. The van der Waals surface area contributed by atoms with Crippen molar-refractivity contribution >= 4 is 11.7 Å². The molecule has 556 valence electrons. The van der Waals surface area contributed by atoms with E-state index in [9.17, 15) is 9.59 Å². The lowest BCUT2D eigenvalue weighted by molar-refractivity contribution is -0.122. The number of unbranched alkanes of at least 4 members (excludes halogenated alkanes) is 9. The number of carbonyl (C=O) groups is 2. The summed E-state index contributed by atoms with van der Waals surface area (Å²) in [6.45, 7) is 72.0. The first-order valence-corrected chi connectivity index (χ1v) is 38.9. The summed E-state index contributed by atoms with van der Waals surface area (Å²) < 4.78 is 32.4. The van der Waals surface area contributed by atoms with Gasteiger partial charge in [0, 0.05) is 71.6 Å². The van der Waals surface area contributed by atoms with E-state index in [0.29, 0.717) is 68.2 Å². The van der Waals surface area contributed by atoms with Gasteiger partial charge in [-0.25, -0.2) is 0 Å². The van der Waals surface area contributed by atoms with Crippen LogP contribution in [0.3, 0.4) is 0 Å². The molecular weight excluding hydrogens is 1130 g/mol. The zero-order valence-electron chi connectivity index (χ0n) is 67.7. The van der Waals surface area contributed by atoms with Gasteiger partial charge in [-0.2, -0.15) is 0 Å². The highest BCUT2D eigenvalue weighted by Crippen LogP contribution is 2.16. The maximum absolute atomic E-state index is 11.4. The minimum atomic E-state index is 0.116. The smallest absolute Gasteiger partial charge is 0.220 e. The van der Waals surface area contributed by atoms with Crippen molar-refractivity contribution in [2.24, 2.45) is 82.9 Å². The topological polar surface area (TPSA) is 102 Å². The van der Waals surface area contributed by atoms with Crippen LogP contribution in [0.2, 0.25) is 0 Å². The van der Waals surface area contributed by atoms with E-state index >= 15 is 0 Å². The molecule has 0 aromatic carbocycles. The summed E-state index contributed by atoms with van der Waals surface area (Å²) in [7, 11) is 0. The number of rotatable bonds is 53. The molecule has 0 atom stereocenters. The third-order valence-electron chi connectivity index (χ3n) is 14.4. The Bertz CT molecular complexity index is 1210. The van der Waals surface area contributed by atoms with Gasteiger partial charge in [-0.15, -0.1) is 0 Å². The van der Waals surface area contributed by atoms with E-state index in [4.69, 9.17) is 28.4 Å². The van der Waals surface area contributed by atoms with E-state index in [1.54, 1.807) is 0 Å². The third kappa shape index (κ3) is 130. The lowest BCUT2D eigenvalue weighted by atomic mass is 10.0. The molecule has 0 aromatic rings. The molecule has 0 unspecified atom stereocenters. The number of nitrogens with one attached hydrogen (secondary N) is 1. The van der Waals surface area contributed by atoms with Crippen LogP contribution in [0.4, 0.5) is 0 Å². The normalized spacial score (nSPS) is 11.4. The zero-order valence-corrected chi connectivity index (χ0v) is 67.7. The summed E-state index contributed by atoms with van der Waals surface area (Å²) in [4.78, 5) is 22.6. The SMILES string of the molecule is CC(C)CCCCC(=O)C(C)C.CC(C)CCCCCCCC(C)C.CC(C)CCCCCCCC(C)C.CC(C)CCCOCC(C)C.CC(C)CCOCC(C)C.CC(C)CCOCCOCC(C)C.CC(C)CCOCCOCCNC(=O)CCC(C)C. The lowest BCUT2D eigenvalue weighted by Crippen LogP contribution is -2.27. The fraction of sp³-hybridized carbons (Fsp3) is 0.976. The van der Waals surface area contributed by atoms with Crippen molar-refractivity contribution in [1.29, 1.82) is 0 Å². The standard InChI is InChI=1S/C15H31NO3.2C13H28.C11H24O2.C11H22O.C10H22O.C9H20O/c1-13(2)5-6-15(17)16-8-10-19-12-11-18-9-7-14(3)4;2*1-12(2)10-8-6-5-7-9-11-13(3)4;1-10(2)5-6-12-7-8-13-9-11(3)4;1-9(2)7-5-6-8-11(12)10(3)4;1-9(2)6-5-7-11-8-10(3)4;1-8(2)5-6-10-7-9(3)4/h13-14H,5-12H2,1-4H3,(H,16,17);2*12-13H,5-11H2,1-4H3;10-11H,5-9H2,1-4H3;9-10H,5-8H2,1-4H3;9-10H,5-8H2,1-4H3;8-9H,5-7H2,1-4H3. The van der Waals surface area contributed by atoms with Gasteiger partial charge >= 0.3 is 0 Å². The highest BCUT2D eigenvalue weighted by molar-refractivity contribution is 5.80. The van der Waals surface area contributed by atoms with E-state index < -0.39 is 0 Å². The highest BCUT2D eigenvalue weighted by Gasteiger charge is 2.07. The van der Waals surface area contributed by atoms with E-state index in [1.165, 1.54) is 122 Å². The lowest BCUT2D eigenvalue weighted by Gasteiger charge is -2.08. The van der Waals surface area contributed by atoms with Gasteiger partial charge in [0.1, 0.15) is 5.78 Å². The molecular formula is C82H175NO8. The Morgan fingerprint density at radius 1 is 0.231 bits per heavy atom. The second-order valence-electron chi connectivity index (χ2n) is 32.1. The molecule has 1 N–H and O–H groups in total. The Morgan fingerprint density at radius 3 is 0.791 bits per heavy atom. The molecule has 0 saturated carbocycles. The van der Waals surface area contributed by atoms with Crippen LogP contribution < -0.4 is 5.32 Å². The van der Waals surface area contributed by atoms with E-state index in [2.05, 4.69) is 185 Å². The van der Waals surface area contributed by atoms with Crippen molar-refractivity contribution in [3.8, 4) is 0 Å². The number of Topliss-reactive ketones (excluding diaryl/α,β-unsaturated/α-hetero) is 1. The van der Waals surface area contributed by atoms with Crippen molar-refractivity contribution in [2.75, 3.05) is 85.8 Å². The molecule has 9 heteroatoms. The van der Waals surface area contributed by atoms with Crippen molar-refractivity contribution in [2.45, 2.75) is 354 Å². The molecule has 0 saturated heterocycles. The summed E-state index contributed by atoms with van der Waals surface area (Å²) >= 11 is 0. The van der Waals surface area contributed by atoms with E-state index in [0.717, 1.165) is 139 Å². The Balaban J connectivity index is -0.000000183. The second-order valence-corrected chi connectivity index (χ2v) is 32.1. The third-order valence-corrected chi connectivity index (χ3v) is 14.4. The molecule has 0 aliphatic heterocycles. The molecule has 0 heterocycles. The predicted octanol–water partition coefficient (Wildman–Crippen LogP) is 24.6. The minimum Gasteiger partial charge on any atom is -0.381 e. The summed E-state index contributed by atoms with van der Waals surface area (Å²) in [5.74, 6) is 10.7. The summed E-state index contributed by atoms with van der Waals surface area (Å²) in [6.07, 6.45) is 32.0. The van der Waals surface area contributed by atoms with Gasteiger partial charge in [0.25, 0.3) is 0 Å². The van der Waals surface area contributed by atoms with Gasteiger partial charge in [0.15, 0.2) is 0 Å². The quantitative estimate of drug-likeness (QED) is 0.0601. The first-order valence-electron chi connectivity index (χ1n) is 38.9. The molecule has 0 fully saturated rings. The fourth-order valence-electron chi connectivity index (χ4n) is 8.23. The maximum atomic E-state index is 11.4. The van der Waals surface area contributed by atoms with Crippen LogP contribution in [-0.4, -0.2) is 97.5 Å². The van der Waals surface area contributed by atoms with Gasteiger partial charge in [-0.3, -0.25) is 9.59 Å². The number of hydrogen-bond acceptors (Lipinski definition) is 8. The molecule has 0 radical (unpaired) electrons. The van der Waals surface area contributed by atoms with Crippen LogP contribution in [0.25, 0.3) is 0 Å². The van der Waals surface area contributed by atoms with Gasteiger partial charge in [0.2, 0.25) is 5.91 Å². The van der Waals surface area contributed by atoms with Crippen LogP contribution in [0, 0.1) is 82.9 Å². The van der Waals surface area contributed by atoms with Crippen LogP contribution in [0.5, 0.6) is 0 Å². The first-order chi connectivity index (χ1) is 42.7. The van der Waals surface area contributed by atoms with Crippen molar-refractivity contribution in [1.82, 2.24) is 5.32 Å². The average Bonchev–Trinajstić information content (AvgIpc) is 3.50. The molecule has 0 aromatic heterocycles. The Morgan fingerprint density at radius 2 is 0.484 bits per heavy atom. The Kier molecular flexibility index (Phi) is 92.4. The van der Waals surface area contributed by atoms with Crippen LogP contribution >= 0.6 is 0 Å². The molecule has 0 bridgehead atoms. The summed E-state index contributed by atoms with van der Waals surface area (Å²) in [5, 5.41) is 2.85.